The van der Waals surface area contributed by atoms with E-state index in [-0.39, 0.29) is 5.92 Å². The number of rotatable bonds is 4. The summed E-state index contributed by atoms with van der Waals surface area (Å²) in [5, 5.41) is 12.2. The van der Waals surface area contributed by atoms with Crippen LogP contribution < -0.4 is 5.32 Å². The summed E-state index contributed by atoms with van der Waals surface area (Å²) in [6.45, 7) is 2.18. The molecule has 0 aliphatic heterocycles. The first-order valence-electron chi connectivity index (χ1n) is 5.59. The summed E-state index contributed by atoms with van der Waals surface area (Å²) in [5.74, 6) is -0.0119. The van der Waals surface area contributed by atoms with E-state index in [1.807, 2.05) is 7.05 Å². The lowest BCUT2D eigenvalue weighted by Gasteiger charge is -2.31. The lowest BCUT2D eigenvalue weighted by Crippen LogP contribution is -2.36. The van der Waals surface area contributed by atoms with Gasteiger partial charge in [0, 0.05) is 6.04 Å². The molecule has 0 aromatic heterocycles. The van der Waals surface area contributed by atoms with Gasteiger partial charge in [0.25, 0.3) is 0 Å². The normalized spacial score (nSPS) is 29.9. The minimum atomic E-state index is -0.610. The SMILES string of the molecule is CCC(NC)C1CCC(C(=O)O)CC1. The highest BCUT2D eigenvalue weighted by molar-refractivity contribution is 5.69. The average molecular weight is 199 g/mol. The highest BCUT2D eigenvalue weighted by atomic mass is 16.4. The fourth-order valence-electron chi connectivity index (χ4n) is 2.54. The van der Waals surface area contributed by atoms with Gasteiger partial charge in [-0.1, -0.05) is 6.92 Å². The Labute approximate surface area is 85.9 Å². The van der Waals surface area contributed by atoms with Gasteiger partial charge in [0.1, 0.15) is 0 Å². The van der Waals surface area contributed by atoms with Gasteiger partial charge in [0.2, 0.25) is 0 Å². The van der Waals surface area contributed by atoms with E-state index in [0.717, 1.165) is 32.1 Å². The highest BCUT2D eigenvalue weighted by Gasteiger charge is 2.28. The smallest absolute Gasteiger partial charge is 0.306 e. The van der Waals surface area contributed by atoms with Crippen LogP contribution in [0, 0.1) is 11.8 Å². The van der Waals surface area contributed by atoms with Gasteiger partial charge in [-0.25, -0.2) is 0 Å². The van der Waals surface area contributed by atoms with E-state index in [9.17, 15) is 4.79 Å². The Hall–Kier alpha value is -0.570. The van der Waals surface area contributed by atoms with Crippen molar-refractivity contribution in [1.29, 1.82) is 0 Å². The molecule has 1 rings (SSSR count). The van der Waals surface area contributed by atoms with Gasteiger partial charge in [-0.2, -0.15) is 0 Å². The Morgan fingerprint density at radius 3 is 2.36 bits per heavy atom. The first kappa shape index (κ1) is 11.5. The van der Waals surface area contributed by atoms with Crippen molar-refractivity contribution in [3.05, 3.63) is 0 Å². The quantitative estimate of drug-likeness (QED) is 0.726. The molecule has 1 atom stereocenters. The summed E-state index contributed by atoms with van der Waals surface area (Å²) in [7, 11) is 2.00. The standard InChI is InChI=1S/C11H21NO2/c1-3-10(12-2)8-4-6-9(7-5-8)11(13)14/h8-10,12H,3-7H2,1-2H3,(H,13,14). The van der Waals surface area contributed by atoms with Crippen molar-refractivity contribution >= 4 is 5.97 Å². The van der Waals surface area contributed by atoms with Crippen molar-refractivity contribution in [2.24, 2.45) is 11.8 Å². The molecule has 0 aromatic rings. The average Bonchev–Trinajstić information content (AvgIpc) is 2.20. The second-order valence-electron chi connectivity index (χ2n) is 4.25. The van der Waals surface area contributed by atoms with Crippen molar-refractivity contribution in [2.75, 3.05) is 7.05 Å². The van der Waals surface area contributed by atoms with Crippen LogP contribution in [0.4, 0.5) is 0 Å². The van der Waals surface area contributed by atoms with Crippen LogP contribution in [0.5, 0.6) is 0 Å². The number of hydrogen-bond donors (Lipinski definition) is 2. The molecule has 82 valence electrons. The molecule has 0 radical (unpaired) electrons. The molecular weight excluding hydrogens is 178 g/mol. The Kier molecular flexibility index (Phi) is 4.39. The van der Waals surface area contributed by atoms with E-state index in [2.05, 4.69) is 12.2 Å². The van der Waals surface area contributed by atoms with Gasteiger partial charge in [-0.3, -0.25) is 4.79 Å². The Morgan fingerprint density at radius 1 is 1.43 bits per heavy atom. The molecule has 3 heteroatoms. The molecule has 1 saturated carbocycles. The van der Waals surface area contributed by atoms with Crippen LogP contribution in [0.25, 0.3) is 0 Å². The Balaban J connectivity index is 2.38. The molecule has 0 amide bonds. The largest absolute Gasteiger partial charge is 0.481 e. The zero-order valence-corrected chi connectivity index (χ0v) is 9.12. The van der Waals surface area contributed by atoms with Crippen LogP contribution in [0.15, 0.2) is 0 Å². The molecule has 0 spiro atoms. The van der Waals surface area contributed by atoms with Gasteiger partial charge in [-0.05, 0) is 45.1 Å². The fourth-order valence-corrected chi connectivity index (χ4v) is 2.54. The summed E-state index contributed by atoms with van der Waals surface area (Å²) in [6.07, 6.45) is 4.99. The van der Waals surface area contributed by atoms with Crippen molar-refractivity contribution in [2.45, 2.75) is 45.1 Å². The van der Waals surface area contributed by atoms with Crippen LogP contribution in [0.1, 0.15) is 39.0 Å². The van der Waals surface area contributed by atoms with Gasteiger partial charge in [0.15, 0.2) is 0 Å². The van der Waals surface area contributed by atoms with Gasteiger partial charge in [0.05, 0.1) is 5.92 Å². The number of hydrogen-bond acceptors (Lipinski definition) is 2. The number of carboxylic acid groups (broad SMARTS) is 1. The predicted molar refractivity (Wildman–Crippen MR) is 56.2 cm³/mol. The Bertz CT molecular complexity index is 182. The van der Waals surface area contributed by atoms with E-state index in [1.165, 1.54) is 0 Å². The summed E-state index contributed by atoms with van der Waals surface area (Å²) >= 11 is 0. The molecule has 1 aliphatic rings. The van der Waals surface area contributed by atoms with Crippen LogP contribution in [0.2, 0.25) is 0 Å². The molecule has 0 aromatic carbocycles. The molecular formula is C11H21NO2. The summed E-state index contributed by atoms with van der Waals surface area (Å²) in [5.41, 5.74) is 0. The predicted octanol–water partition coefficient (Wildman–Crippen LogP) is 1.88. The van der Waals surface area contributed by atoms with E-state index in [0.29, 0.717) is 12.0 Å². The zero-order valence-electron chi connectivity index (χ0n) is 9.12. The molecule has 3 nitrogen and oxygen atoms in total. The summed E-state index contributed by atoms with van der Waals surface area (Å²) < 4.78 is 0. The number of nitrogens with one attached hydrogen (secondary N) is 1. The van der Waals surface area contributed by atoms with E-state index in [1.54, 1.807) is 0 Å². The van der Waals surface area contributed by atoms with E-state index < -0.39 is 5.97 Å². The molecule has 1 fully saturated rings. The fraction of sp³-hybridized carbons (Fsp3) is 0.909. The third-order valence-electron chi connectivity index (χ3n) is 3.50. The van der Waals surface area contributed by atoms with Gasteiger partial charge in [-0.15, -0.1) is 0 Å². The van der Waals surface area contributed by atoms with Crippen molar-refractivity contribution in [3.8, 4) is 0 Å². The van der Waals surface area contributed by atoms with Crippen LogP contribution in [0.3, 0.4) is 0 Å². The first-order valence-corrected chi connectivity index (χ1v) is 5.59. The highest BCUT2D eigenvalue weighted by Crippen LogP contribution is 2.31. The minimum Gasteiger partial charge on any atom is -0.481 e. The van der Waals surface area contributed by atoms with Gasteiger partial charge >= 0.3 is 5.97 Å². The molecule has 1 aliphatic carbocycles. The topological polar surface area (TPSA) is 49.3 Å². The van der Waals surface area contributed by atoms with E-state index >= 15 is 0 Å². The second kappa shape index (κ2) is 5.35. The Morgan fingerprint density at radius 2 is 2.00 bits per heavy atom. The number of carboxylic acids is 1. The van der Waals surface area contributed by atoms with Crippen LogP contribution in [-0.4, -0.2) is 24.2 Å². The van der Waals surface area contributed by atoms with Crippen LogP contribution in [-0.2, 0) is 4.79 Å². The molecule has 0 bridgehead atoms. The van der Waals surface area contributed by atoms with Gasteiger partial charge < -0.3 is 10.4 Å². The molecule has 1 unspecified atom stereocenters. The molecule has 2 N–H and O–H groups in total. The lowest BCUT2D eigenvalue weighted by molar-refractivity contribution is -0.143. The maximum Gasteiger partial charge on any atom is 0.306 e. The maximum absolute atomic E-state index is 10.8. The van der Waals surface area contributed by atoms with Crippen LogP contribution >= 0.6 is 0 Å². The van der Waals surface area contributed by atoms with Crippen molar-refractivity contribution < 1.29 is 9.90 Å². The second-order valence-corrected chi connectivity index (χ2v) is 4.25. The minimum absolute atomic E-state index is 0.0828. The van der Waals surface area contributed by atoms with Crippen molar-refractivity contribution in [1.82, 2.24) is 5.32 Å². The third-order valence-corrected chi connectivity index (χ3v) is 3.50. The summed E-state index contributed by atoms with van der Waals surface area (Å²) in [6, 6.07) is 0.574. The molecule has 0 saturated heterocycles. The number of carbonyl (C=O) groups is 1. The maximum atomic E-state index is 10.8. The lowest BCUT2D eigenvalue weighted by atomic mass is 9.78. The van der Waals surface area contributed by atoms with E-state index in [4.69, 9.17) is 5.11 Å². The zero-order chi connectivity index (χ0) is 10.6. The monoisotopic (exact) mass is 199 g/mol. The molecule has 14 heavy (non-hydrogen) atoms. The first-order chi connectivity index (χ1) is 6.69. The molecule has 0 heterocycles. The summed E-state index contributed by atoms with van der Waals surface area (Å²) in [4.78, 5) is 10.8. The third kappa shape index (κ3) is 2.71. The van der Waals surface area contributed by atoms with Crippen molar-refractivity contribution in [3.63, 3.8) is 0 Å². The number of aliphatic carboxylic acids is 1.